The van der Waals surface area contributed by atoms with Gasteiger partial charge in [-0.25, -0.2) is 4.68 Å². The summed E-state index contributed by atoms with van der Waals surface area (Å²) in [4.78, 5) is 12.3. The number of hydrogen-bond acceptors (Lipinski definition) is 7. The Labute approximate surface area is 169 Å². The Balaban J connectivity index is 1.49. The average Bonchev–Trinajstić information content (AvgIpc) is 3.06. The number of aromatic nitrogens is 3. The minimum absolute atomic E-state index is 0.000862. The maximum Gasteiger partial charge on any atom is 0.230 e. The predicted molar refractivity (Wildman–Crippen MR) is 108 cm³/mol. The normalized spacial score (nSPS) is 19.2. The van der Waals surface area contributed by atoms with Crippen LogP contribution in [0.4, 0.5) is 0 Å². The minimum atomic E-state index is 0.000862. The van der Waals surface area contributed by atoms with E-state index in [1.807, 2.05) is 18.2 Å². The number of carbonyl (C=O) groups excluding carboxylic acids is 1. The summed E-state index contributed by atoms with van der Waals surface area (Å²) in [6.07, 6.45) is 4.65. The molecule has 1 aliphatic carbocycles. The lowest BCUT2D eigenvalue weighted by atomic mass is 9.86. The molecule has 1 heterocycles. The van der Waals surface area contributed by atoms with Crippen LogP contribution in [0.15, 0.2) is 29.4 Å². The second-order valence-corrected chi connectivity index (χ2v) is 7.90. The Morgan fingerprint density at radius 1 is 1.32 bits per heavy atom. The Bertz CT molecular complexity index is 798. The highest BCUT2D eigenvalue weighted by Crippen LogP contribution is 2.24. The third-order valence-corrected chi connectivity index (χ3v) is 5.88. The topological polar surface area (TPSA) is 104 Å². The molecule has 3 rings (SSSR count). The third-order valence-electron chi connectivity index (χ3n) is 4.93. The number of nitrogen functional groups attached to an aromatic ring is 1. The molecule has 1 saturated carbocycles. The van der Waals surface area contributed by atoms with Crippen molar-refractivity contribution in [2.75, 3.05) is 18.7 Å². The monoisotopic (exact) mass is 405 g/mol. The minimum Gasteiger partial charge on any atom is -0.497 e. The molecule has 1 aromatic heterocycles. The van der Waals surface area contributed by atoms with Crippen LogP contribution in [-0.2, 0) is 11.4 Å². The number of nitrogens with zero attached hydrogens (tertiary/aromatic N) is 3. The molecular formula is C19H27N5O3S. The molecule has 2 aromatic rings. The standard InChI is InChI=1S/C19H27N5O3S/c1-13-6-3-4-9-16(13)21-18(25)12-28-19-23-22-17(24(19)20)11-27-15-8-5-7-14(10-15)26-2/h5,7-8,10,13,16H,3-4,6,9,11-12,20H2,1-2H3,(H,21,25)/t13-,16+/m1/s1. The fraction of sp³-hybridized carbons (Fsp3) is 0.526. The first-order chi connectivity index (χ1) is 13.6. The van der Waals surface area contributed by atoms with Crippen LogP contribution in [0, 0.1) is 5.92 Å². The van der Waals surface area contributed by atoms with Crippen LogP contribution in [0.2, 0.25) is 0 Å². The van der Waals surface area contributed by atoms with E-state index in [0.717, 1.165) is 6.42 Å². The lowest BCUT2D eigenvalue weighted by molar-refractivity contribution is -0.119. The van der Waals surface area contributed by atoms with Gasteiger partial charge in [0.15, 0.2) is 5.82 Å². The first-order valence-electron chi connectivity index (χ1n) is 9.45. The van der Waals surface area contributed by atoms with E-state index in [4.69, 9.17) is 15.3 Å². The van der Waals surface area contributed by atoms with Crippen LogP contribution in [0.1, 0.15) is 38.4 Å². The van der Waals surface area contributed by atoms with E-state index in [1.165, 1.54) is 35.7 Å². The zero-order valence-corrected chi connectivity index (χ0v) is 17.1. The predicted octanol–water partition coefficient (Wildman–Crippen LogP) is 2.37. The average molecular weight is 406 g/mol. The fourth-order valence-electron chi connectivity index (χ4n) is 3.25. The van der Waals surface area contributed by atoms with Crippen LogP contribution in [0.3, 0.4) is 0 Å². The number of carbonyl (C=O) groups is 1. The highest BCUT2D eigenvalue weighted by molar-refractivity contribution is 7.99. The number of nitrogens with one attached hydrogen (secondary N) is 1. The molecular weight excluding hydrogens is 378 g/mol. The van der Waals surface area contributed by atoms with E-state index in [-0.39, 0.29) is 24.3 Å². The molecule has 0 bridgehead atoms. The second kappa shape index (κ2) is 9.68. The van der Waals surface area contributed by atoms with Gasteiger partial charge in [-0.3, -0.25) is 4.79 Å². The molecule has 0 aliphatic heterocycles. The number of thioether (sulfide) groups is 1. The summed E-state index contributed by atoms with van der Waals surface area (Å²) in [6, 6.07) is 7.56. The molecule has 9 heteroatoms. The first kappa shape index (κ1) is 20.3. The fourth-order valence-corrected chi connectivity index (χ4v) is 3.94. The van der Waals surface area contributed by atoms with E-state index in [1.54, 1.807) is 13.2 Å². The highest BCUT2D eigenvalue weighted by atomic mass is 32.2. The molecule has 0 saturated heterocycles. The van der Waals surface area contributed by atoms with Gasteiger partial charge >= 0.3 is 0 Å². The van der Waals surface area contributed by atoms with Crippen molar-refractivity contribution in [2.45, 2.75) is 50.4 Å². The van der Waals surface area contributed by atoms with Crippen LogP contribution >= 0.6 is 11.8 Å². The van der Waals surface area contributed by atoms with Gasteiger partial charge in [0.05, 0.1) is 12.9 Å². The second-order valence-electron chi connectivity index (χ2n) is 6.96. The van der Waals surface area contributed by atoms with Crippen LogP contribution in [-0.4, -0.2) is 39.7 Å². The first-order valence-corrected chi connectivity index (χ1v) is 10.4. The van der Waals surface area contributed by atoms with Crippen molar-refractivity contribution in [3.63, 3.8) is 0 Å². The van der Waals surface area contributed by atoms with Crippen molar-refractivity contribution in [1.29, 1.82) is 0 Å². The van der Waals surface area contributed by atoms with Crippen LogP contribution < -0.4 is 20.6 Å². The van der Waals surface area contributed by atoms with Crippen molar-refractivity contribution in [3.05, 3.63) is 30.1 Å². The van der Waals surface area contributed by atoms with E-state index in [0.29, 0.717) is 28.4 Å². The van der Waals surface area contributed by atoms with Gasteiger partial charge in [0.1, 0.15) is 18.1 Å². The number of hydrogen-bond donors (Lipinski definition) is 2. The molecule has 8 nitrogen and oxygen atoms in total. The summed E-state index contributed by atoms with van der Waals surface area (Å²) >= 11 is 1.27. The molecule has 1 fully saturated rings. The van der Waals surface area contributed by atoms with Gasteiger partial charge in [-0.1, -0.05) is 37.6 Å². The number of amides is 1. The van der Waals surface area contributed by atoms with Crippen molar-refractivity contribution < 1.29 is 14.3 Å². The highest BCUT2D eigenvalue weighted by Gasteiger charge is 2.23. The zero-order valence-electron chi connectivity index (χ0n) is 16.3. The Kier molecular flexibility index (Phi) is 7.02. The lowest BCUT2D eigenvalue weighted by Crippen LogP contribution is -2.41. The summed E-state index contributed by atoms with van der Waals surface area (Å²) < 4.78 is 12.2. The number of nitrogens with two attached hydrogens (primary N) is 1. The van der Waals surface area contributed by atoms with Crippen LogP contribution in [0.25, 0.3) is 0 Å². The summed E-state index contributed by atoms with van der Waals surface area (Å²) in [5.74, 6) is 8.68. The summed E-state index contributed by atoms with van der Waals surface area (Å²) in [5.41, 5.74) is 0. The van der Waals surface area contributed by atoms with E-state index >= 15 is 0 Å². The molecule has 0 unspecified atom stereocenters. The lowest BCUT2D eigenvalue weighted by Gasteiger charge is -2.29. The number of ether oxygens (including phenoxy) is 2. The number of methoxy groups -OCH3 is 1. The number of benzene rings is 1. The Hall–Kier alpha value is -2.42. The van der Waals surface area contributed by atoms with E-state index in [2.05, 4.69) is 22.4 Å². The smallest absolute Gasteiger partial charge is 0.230 e. The van der Waals surface area contributed by atoms with E-state index < -0.39 is 0 Å². The van der Waals surface area contributed by atoms with Gasteiger partial charge in [-0.2, -0.15) is 0 Å². The SMILES string of the molecule is COc1cccc(OCc2nnc(SCC(=O)N[C@H]3CCCC[C@H]3C)n2N)c1. The van der Waals surface area contributed by atoms with Gasteiger partial charge < -0.3 is 20.6 Å². The molecule has 152 valence electrons. The quantitative estimate of drug-likeness (QED) is 0.513. The molecule has 1 aliphatic rings. The van der Waals surface area contributed by atoms with Gasteiger partial charge in [0.25, 0.3) is 0 Å². The third kappa shape index (κ3) is 5.31. The summed E-state index contributed by atoms with van der Waals surface area (Å²) in [6.45, 7) is 2.37. The zero-order chi connectivity index (χ0) is 19.9. The molecule has 0 radical (unpaired) electrons. The number of rotatable bonds is 8. The molecule has 1 aromatic carbocycles. The molecule has 2 atom stereocenters. The molecule has 3 N–H and O–H groups in total. The maximum atomic E-state index is 12.3. The summed E-state index contributed by atoms with van der Waals surface area (Å²) in [5, 5.41) is 11.7. The molecule has 28 heavy (non-hydrogen) atoms. The van der Waals surface area contributed by atoms with Crippen molar-refractivity contribution in [2.24, 2.45) is 5.92 Å². The largest absolute Gasteiger partial charge is 0.497 e. The maximum absolute atomic E-state index is 12.3. The van der Waals surface area contributed by atoms with Crippen molar-refractivity contribution in [1.82, 2.24) is 20.2 Å². The van der Waals surface area contributed by atoms with Gasteiger partial charge in [-0.05, 0) is 30.9 Å². The van der Waals surface area contributed by atoms with Gasteiger partial charge in [0.2, 0.25) is 11.1 Å². The van der Waals surface area contributed by atoms with E-state index in [9.17, 15) is 4.79 Å². The van der Waals surface area contributed by atoms with Gasteiger partial charge in [-0.15, -0.1) is 10.2 Å². The summed E-state index contributed by atoms with van der Waals surface area (Å²) in [7, 11) is 1.60. The molecule has 1 amide bonds. The van der Waals surface area contributed by atoms with Crippen LogP contribution in [0.5, 0.6) is 11.5 Å². The molecule has 0 spiro atoms. The Morgan fingerprint density at radius 2 is 2.11 bits per heavy atom. The Morgan fingerprint density at radius 3 is 2.89 bits per heavy atom. The van der Waals surface area contributed by atoms with Gasteiger partial charge in [0, 0.05) is 12.1 Å². The van der Waals surface area contributed by atoms with Crippen molar-refractivity contribution >= 4 is 17.7 Å². The van der Waals surface area contributed by atoms with Crippen molar-refractivity contribution in [3.8, 4) is 11.5 Å².